The molecule has 1 fully saturated rings. The molecule has 19 heavy (non-hydrogen) atoms. The maximum absolute atomic E-state index is 12.4. The number of hydrogen-bond acceptors (Lipinski definition) is 5. The smallest absolute Gasteiger partial charge is 0.257 e. The number of rotatable bonds is 3. The van der Waals surface area contributed by atoms with Crippen molar-refractivity contribution in [1.29, 1.82) is 0 Å². The number of hydrogen-bond donors (Lipinski definition) is 2. The summed E-state index contributed by atoms with van der Waals surface area (Å²) in [6.45, 7) is 7.67. The second-order valence-electron chi connectivity index (χ2n) is 4.99. The van der Waals surface area contributed by atoms with Crippen LogP contribution in [-0.2, 0) is 0 Å². The first-order valence-electron chi connectivity index (χ1n) is 6.57. The molecule has 1 aromatic rings. The molecule has 1 aliphatic heterocycles. The van der Waals surface area contributed by atoms with Crippen LogP contribution in [0.25, 0.3) is 0 Å². The minimum Gasteiger partial charge on any atom is -0.336 e. The Balaban J connectivity index is 2.05. The lowest BCUT2D eigenvalue weighted by atomic mass is 10.2. The number of carbonyl (C=O) groups is 1. The molecule has 1 aromatic heterocycles. The number of pyridine rings is 1. The highest BCUT2D eigenvalue weighted by atomic mass is 16.2. The number of nitrogens with two attached hydrogens (primary N) is 1. The van der Waals surface area contributed by atoms with E-state index in [0.717, 1.165) is 26.2 Å². The zero-order valence-corrected chi connectivity index (χ0v) is 11.5. The lowest BCUT2D eigenvalue weighted by molar-refractivity contribution is 0.0596. The molecule has 0 spiro atoms. The summed E-state index contributed by atoms with van der Waals surface area (Å²) in [6, 6.07) is 2.23. The zero-order chi connectivity index (χ0) is 13.8. The molecule has 2 heterocycles. The van der Waals surface area contributed by atoms with E-state index in [2.05, 4.69) is 29.2 Å². The number of anilines is 1. The molecule has 0 aliphatic carbocycles. The van der Waals surface area contributed by atoms with Crippen molar-refractivity contribution < 1.29 is 4.79 Å². The second-order valence-corrected chi connectivity index (χ2v) is 4.99. The van der Waals surface area contributed by atoms with Crippen molar-refractivity contribution in [1.82, 2.24) is 14.8 Å². The molecule has 0 unspecified atom stereocenters. The van der Waals surface area contributed by atoms with Gasteiger partial charge >= 0.3 is 0 Å². The van der Waals surface area contributed by atoms with E-state index >= 15 is 0 Å². The van der Waals surface area contributed by atoms with Crippen molar-refractivity contribution >= 4 is 11.6 Å². The predicted octanol–water partition coefficient (Wildman–Crippen LogP) is 0.533. The van der Waals surface area contributed by atoms with E-state index in [1.807, 2.05) is 4.90 Å². The third-order valence-electron chi connectivity index (χ3n) is 3.54. The van der Waals surface area contributed by atoms with Gasteiger partial charge in [-0.1, -0.05) is 0 Å². The summed E-state index contributed by atoms with van der Waals surface area (Å²) in [5.74, 6) is 5.41. The van der Waals surface area contributed by atoms with E-state index in [0.29, 0.717) is 17.3 Å². The molecule has 0 aromatic carbocycles. The number of nitrogens with zero attached hydrogens (tertiary/aromatic N) is 3. The average Bonchev–Trinajstić information content (AvgIpc) is 2.46. The Bertz CT molecular complexity index is 440. The molecule has 3 N–H and O–H groups in total. The van der Waals surface area contributed by atoms with Crippen LogP contribution in [0.5, 0.6) is 0 Å². The molecule has 1 aliphatic rings. The SMILES string of the molecule is CC(C)N1CCN(C(=O)c2cnccc2NN)CC1. The average molecular weight is 263 g/mol. The Labute approximate surface area is 113 Å². The minimum absolute atomic E-state index is 0.00976. The Kier molecular flexibility index (Phi) is 4.34. The van der Waals surface area contributed by atoms with Crippen LogP contribution in [0.1, 0.15) is 24.2 Å². The normalized spacial score (nSPS) is 16.7. The van der Waals surface area contributed by atoms with E-state index in [-0.39, 0.29) is 5.91 Å². The lowest BCUT2D eigenvalue weighted by Gasteiger charge is -2.37. The molecular weight excluding hydrogens is 242 g/mol. The van der Waals surface area contributed by atoms with Gasteiger partial charge in [0.25, 0.3) is 5.91 Å². The lowest BCUT2D eigenvalue weighted by Crippen LogP contribution is -2.50. The molecule has 6 nitrogen and oxygen atoms in total. The van der Waals surface area contributed by atoms with Gasteiger partial charge in [0, 0.05) is 44.6 Å². The maximum Gasteiger partial charge on any atom is 0.257 e. The highest BCUT2D eigenvalue weighted by molar-refractivity contribution is 5.99. The molecule has 0 saturated carbocycles. The number of nitrogens with one attached hydrogen (secondary N) is 1. The van der Waals surface area contributed by atoms with Gasteiger partial charge in [-0.2, -0.15) is 0 Å². The topological polar surface area (TPSA) is 74.5 Å². The summed E-state index contributed by atoms with van der Waals surface area (Å²) in [7, 11) is 0. The van der Waals surface area contributed by atoms with Crippen LogP contribution in [0.2, 0.25) is 0 Å². The van der Waals surface area contributed by atoms with E-state index < -0.39 is 0 Å². The highest BCUT2D eigenvalue weighted by Gasteiger charge is 2.24. The van der Waals surface area contributed by atoms with Gasteiger partial charge in [-0.25, -0.2) is 0 Å². The van der Waals surface area contributed by atoms with Crippen LogP contribution >= 0.6 is 0 Å². The molecule has 104 valence electrons. The number of nitrogen functional groups attached to an aromatic ring is 1. The van der Waals surface area contributed by atoms with Gasteiger partial charge in [-0.3, -0.25) is 20.5 Å². The van der Waals surface area contributed by atoms with Crippen molar-refractivity contribution in [2.24, 2.45) is 5.84 Å². The molecule has 2 rings (SSSR count). The Hall–Kier alpha value is -1.66. The van der Waals surface area contributed by atoms with Crippen molar-refractivity contribution in [2.45, 2.75) is 19.9 Å². The summed E-state index contributed by atoms with van der Waals surface area (Å²) in [5, 5.41) is 0. The Morgan fingerprint density at radius 2 is 2.05 bits per heavy atom. The predicted molar refractivity (Wildman–Crippen MR) is 74.7 cm³/mol. The first-order valence-corrected chi connectivity index (χ1v) is 6.57. The molecule has 0 bridgehead atoms. The molecular formula is C13H21N5O. The molecule has 1 saturated heterocycles. The van der Waals surface area contributed by atoms with E-state index in [9.17, 15) is 4.79 Å². The second kappa shape index (κ2) is 5.99. The summed E-state index contributed by atoms with van der Waals surface area (Å²) >= 11 is 0. The summed E-state index contributed by atoms with van der Waals surface area (Å²) in [5.41, 5.74) is 3.69. The van der Waals surface area contributed by atoms with Gasteiger partial charge < -0.3 is 10.3 Å². The first kappa shape index (κ1) is 13.8. The first-order chi connectivity index (χ1) is 9.13. The highest BCUT2D eigenvalue weighted by Crippen LogP contribution is 2.16. The fraction of sp³-hybridized carbons (Fsp3) is 0.538. The number of aromatic nitrogens is 1. The standard InChI is InChI=1S/C13H21N5O/c1-10(2)17-5-7-18(8-6-17)13(19)11-9-15-4-3-12(11)16-14/h3-4,9-10H,5-8,14H2,1-2H3,(H,15,16). The van der Waals surface area contributed by atoms with Crippen LogP contribution in [0, 0.1) is 0 Å². The number of hydrazine groups is 1. The van der Waals surface area contributed by atoms with Crippen molar-refractivity contribution in [2.75, 3.05) is 31.6 Å². The van der Waals surface area contributed by atoms with Gasteiger partial charge in [0.05, 0.1) is 11.3 Å². The maximum atomic E-state index is 12.4. The minimum atomic E-state index is -0.00976. The zero-order valence-electron chi connectivity index (χ0n) is 11.5. The molecule has 0 radical (unpaired) electrons. The quantitative estimate of drug-likeness (QED) is 0.615. The van der Waals surface area contributed by atoms with Crippen molar-refractivity contribution in [3.63, 3.8) is 0 Å². The Morgan fingerprint density at radius 3 is 2.63 bits per heavy atom. The van der Waals surface area contributed by atoms with Crippen molar-refractivity contribution in [3.8, 4) is 0 Å². The fourth-order valence-electron chi connectivity index (χ4n) is 2.30. The van der Waals surface area contributed by atoms with Gasteiger partial charge in [-0.05, 0) is 19.9 Å². The molecule has 6 heteroatoms. The molecule has 0 atom stereocenters. The number of carbonyl (C=O) groups excluding carboxylic acids is 1. The van der Waals surface area contributed by atoms with E-state index in [1.165, 1.54) is 0 Å². The van der Waals surface area contributed by atoms with Crippen LogP contribution in [0.3, 0.4) is 0 Å². The van der Waals surface area contributed by atoms with Gasteiger partial charge in [-0.15, -0.1) is 0 Å². The monoisotopic (exact) mass is 263 g/mol. The van der Waals surface area contributed by atoms with Crippen LogP contribution in [-0.4, -0.2) is 52.9 Å². The number of piperazine rings is 1. The van der Waals surface area contributed by atoms with Gasteiger partial charge in [0.1, 0.15) is 0 Å². The van der Waals surface area contributed by atoms with Crippen LogP contribution in [0.15, 0.2) is 18.5 Å². The fourth-order valence-corrected chi connectivity index (χ4v) is 2.30. The summed E-state index contributed by atoms with van der Waals surface area (Å²) < 4.78 is 0. The third kappa shape index (κ3) is 3.02. The van der Waals surface area contributed by atoms with Gasteiger partial charge in [0.15, 0.2) is 0 Å². The van der Waals surface area contributed by atoms with E-state index in [1.54, 1.807) is 18.5 Å². The third-order valence-corrected chi connectivity index (χ3v) is 3.54. The van der Waals surface area contributed by atoms with Crippen LogP contribution < -0.4 is 11.3 Å². The number of amides is 1. The summed E-state index contributed by atoms with van der Waals surface area (Å²) in [4.78, 5) is 20.7. The van der Waals surface area contributed by atoms with Crippen molar-refractivity contribution in [3.05, 3.63) is 24.0 Å². The van der Waals surface area contributed by atoms with Crippen LogP contribution in [0.4, 0.5) is 5.69 Å². The Morgan fingerprint density at radius 1 is 1.37 bits per heavy atom. The van der Waals surface area contributed by atoms with E-state index in [4.69, 9.17) is 5.84 Å². The largest absolute Gasteiger partial charge is 0.336 e. The molecule has 1 amide bonds. The summed E-state index contributed by atoms with van der Waals surface area (Å²) in [6.07, 6.45) is 3.18. The van der Waals surface area contributed by atoms with Gasteiger partial charge in [0.2, 0.25) is 0 Å².